The molecule has 2 nitrogen and oxygen atoms in total. The van der Waals surface area contributed by atoms with Crippen LogP contribution in [0.1, 0.15) is 28.8 Å². The smallest absolute Gasteiger partial charge is 0.252 e. The number of halogens is 1. The van der Waals surface area contributed by atoms with Crippen molar-refractivity contribution in [3.05, 3.63) is 70.2 Å². The van der Waals surface area contributed by atoms with Gasteiger partial charge >= 0.3 is 0 Å². The molecule has 2 aromatic carbocycles. The number of rotatable bonds is 4. The Labute approximate surface area is 122 Å². The Bertz CT molecular complexity index is 554. The third-order valence-electron chi connectivity index (χ3n) is 3.06. The van der Waals surface area contributed by atoms with E-state index >= 15 is 0 Å². The van der Waals surface area contributed by atoms with Crippen molar-refractivity contribution in [2.45, 2.75) is 12.8 Å². The molecule has 0 bridgehead atoms. The predicted octanol–water partition coefficient (Wildman–Crippen LogP) is 3.98. The van der Waals surface area contributed by atoms with E-state index in [0.717, 1.165) is 4.47 Å². The van der Waals surface area contributed by atoms with E-state index in [0.29, 0.717) is 18.0 Å². The molecule has 0 aliphatic rings. The van der Waals surface area contributed by atoms with E-state index in [4.69, 9.17) is 0 Å². The minimum absolute atomic E-state index is 0.0461. The molecular formula is C16H16BrNO. The normalized spacial score (nSPS) is 11.9. The van der Waals surface area contributed by atoms with E-state index in [-0.39, 0.29) is 5.91 Å². The Kier molecular flexibility index (Phi) is 4.74. The van der Waals surface area contributed by atoms with Gasteiger partial charge in [-0.2, -0.15) is 0 Å². The maximum Gasteiger partial charge on any atom is 0.252 e. The first-order valence-corrected chi connectivity index (χ1v) is 7.05. The summed E-state index contributed by atoms with van der Waals surface area (Å²) in [6.07, 6.45) is 0. The second-order valence-electron chi connectivity index (χ2n) is 4.50. The number of carbonyl (C=O) groups excluding carboxylic acids is 1. The van der Waals surface area contributed by atoms with Crippen LogP contribution in [-0.4, -0.2) is 12.5 Å². The molecule has 2 aromatic rings. The fraction of sp³-hybridized carbons (Fsp3) is 0.188. The van der Waals surface area contributed by atoms with Crippen molar-refractivity contribution < 1.29 is 4.79 Å². The van der Waals surface area contributed by atoms with Gasteiger partial charge in [0.05, 0.1) is 5.56 Å². The van der Waals surface area contributed by atoms with Crippen LogP contribution in [0.5, 0.6) is 0 Å². The number of amides is 1. The Balaban J connectivity index is 1.96. The Morgan fingerprint density at radius 3 is 2.42 bits per heavy atom. The molecular weight excluding hydrogens is 302 g/mol. The van der Waals surface area contributed by atoms with Crippen LogP contribution in [-0.2, 0) is 0 Å². The van der Waals surface area contributed by atoms with E-state index in [1.807, 2.05) is 42.5 Å². The van der Waals surface area contributed by atoms with Gasteiger partial charge in [-0.1, -0.05) is 49.4 Å². The molecule has 1 amide bonds. The fourth-order valence-electron chi connectivity index (χ4n) is 1.89. The molecule has 0 aliphatic heterocycles. The van der Waals surface area contributed by atoms with Crippen LogP contribution in [0.15, 0.2) is 59.1 Å². The molecule has 98 valence electrons. The molecule has 3 heteroatoms. The zero-order chi connectivity index (χ0) is 13.7. The predicted molar refractivity (Wildman–Crippen MR) is 81.3 cm³/mol. The summed E-state index contributed by atoms with van der Waals surface area (Å²) in [5.41, 5.74) is 1.90. The molecule has 0 radical (unpaired) electrons. The van der Waals surface area contributed by atoms with Gasteiger partial charge in [-0.15, -0.1) is 0 Å². The molecule has 0 heterocycles. The van der Waals surface area contributed by atoms with E-state index in [9.17, 15) is 4.79 Å². The third kappa shape index (κ3) is 3.67. The molecule has 0 unspecified atom stereocenters. The van der Waals surface area contributed by atoms with Crippen LogP contribution in [0.25, 0.3) is 0 Å². The van der Waals surface area contributed by atoms with Crippen LogP contribution in [0.3, 0.4) is 0 Å². The maximum absolute atomic E-state index is 12.1. The number of hydrogen-bond donors (Lipinski definition) is 1. The van der Waals surface area contributed by atoms with Gasteiger partial charge in [0.2, 0.25) is 0 Å². The highest BCUT2D eigenvalue weighted by Crippen LogP contribution is 2.17. The van der Waals surface area contributed by atoms with E-state index in [1.54, 1.807) is 0 Å². The summed E-state index contributed by atoms with van der Waals surface area (Å²) in [7, 11) is 0. The summed E-state index contributed by atoms with van der Waals surface area (Å²) in [4.78, 5) is 12.1. The van der Waals surface area contributed by atoms with Crippen molar-refractivity contribution in [1.29, 1.82) is 0 Å². The van der Waals surface area contributed by atoms with Crippen LogP contribution >= 0.6 is 15.9 Å². The van der Waals surface area contributed by atoms with Gasteiger partial charge < -0.3 is 5.32 Å². The largest absolute Gasteiger partial charge is 0.351 e. The van der Waals surface area contributed by atoms with Crippen molar-refractivity contribution in [2.24, 2.45) is 0 Å². The Morgan fingerprint density at radius 1 is 1.11 bits per heavy atom. The lowest BCUT2D eigenvalue weighted by atomic mass is 10.0. The SMILES string of the molecule is C[C@@H](CNC(=O)c1ccccc1Br)c1ccccc1. The molecule has 0 aliphatic carbocycles. The average Bonchev–Trinajstić information content (AvgIpc) is 2.46. The van der Waals surface area contributed by atoms with Crippen LogP contribution in [0.4, 0.5) is 0 Å². The number of carbonyl (C=O) groups is 1. The first-order valence-electron chi connectivity index (χ1n) is 6.26. The quantitative estimate of drug-likeness (QED) is 0.907. The summed E-state index contributed by atoms with van der Waals surface area (Å²) in [6.45, 7) is 2.74. The van der Waals surface area contributed by atoms with Crippen molar-refractivity contribution in [1.82, 2.24) is 5.32 Å². The molecule has 0 fully saturated rings. The summed E-state index contributed by atoms with van der Waals surface area (Å²) < 4.78 is 0.819. The second-order valence-corrected chi connectivity index (χ2v) is 5.36. The van der Waals surface area contributed by atoms with E-state index in [2.05, 4.69) is 40.3 Å². The maximum atomic E-state index is 12.1. The van der Waals surface area contributed by atoms with Crippen LogP contribution in [0.2, 0.25) is 0 Å². The molecule has 1 N–H and O–H groups in total. The molecule has 0 saturated heterocycles. The zero-order valence-corrected chi connectivity index (χ0v) is 12.4. The van der Waals surface area contributed by atoms with Gasteiger partial charge in [-0.25, -0.2) is 0 Å². The lowest BCUT2D eigenvalue weighted by Gasteiger charge is -2.13. The minimum Gasteiger partial charge on any atom is -0.351 e. The van der Waals surface area contributed by atoms with Gasteiger partial charge in [-0.3, -0.25) is 4.79 Å². The fourth-order valence-corrected chi connectivity index (χ4v) is 2.35. The number of nitrogens with one attached hydrogen (secondary N) is 1. The van der Waals surface area contributed by atoms with Gasteiger partial charge in [-0.05, 0) is 39.5 Å². The Hall–Kier alpha value is -1.61. The second kappa shape index (κ2) is 6.53. The Morgan fingerprint density at radius 2 is 1.74 bits per heavy atom. The first kappa shape index (κ1) is 13.8. The summed E-state index contributed by atoms with van der Waals surface area (Å²) in [5.74, 6) is 0.253. The summed E-state index contributed by atoms with van der Waals surface area (Å²) >= 11 is 3.39. The number of hydrogen-bond acceptors (Lipinski definition) is 1. The molecule has 2 rings (SSSR count). The minimum atomic E-state index is -0.0461. The highest BCUT2D eigenvalue weighted by molar-refractivity contribution is 9.10. The first-order chi connectivity index (χ1) is 9.18. The number of benzene rings is 2. The zero-order valence-electron chi connectivity index (χ0n) is 10.8. The van der Waals surface area contributed by atoms with Gasteiger partial charge in [0.25, 0.3) is 5.91 Å². The summed E-state index contributed by atoms with van der Waals surface area (Å²) in [6, 6.07) is 17.6. The van der Waals surface area contributed by atoms with Crippen LogP contribution < -0.4 is 5.32 Å². The molecule has 0 spiro atoms. The van der Waals surface area contributed by atoms with Gasteiger partial charge in [0.15, 0.2) is 0 Å². The highest BCUT2D eigenvalue weighted by Gasteiger charge is 2.11. The van der Waals surface area contributed by atoms with Gasteiger partial charge in [0.1, 0.15) is 0 Å². The third-order valence-corrected chi connectivity index (χ3v) is 3.75. The van der Waals surface area contributed by atoms with Crippen molar-refractivity contribution in [2.75, 3.05) is 6.54 Å². The van der Waals surface area contributed by atoms with Crippen LogP contribution in [0, 0.1) is 0 Å². The van der Waals surface area contributed by atoms with Crippen molar-refractivity contribution >= 4 is 21.8 Å². The van der Waals surface area contributed by atoms with E-state index < -0.39 is 0 Å². The lowest BCUT2D eigenvalue weighted by Crippen LogP contribution is -2.27. The monoisotopic (exact) mass is 317 g/mol. The standard InChI is InChI=1S/C16H16BrNO/c1-12(13-7-3-2-4-8-13)11-18-16(19)14-9-5-6-10-15(14)17/h2-10,12H,11H2,1H3,(H,18,19)/t12-/m0/s1. The van der Waals surface area contributed by atoms with Crippen molar-refractivity contribution in [3.63, 3.8) is 0 Å². The molecule has 0 saturated carbocycles. The summed E-state index contributed by atoms with van der Waals surface area (Å²) in [5, 5.41) is 2.97. The molecule has 19 heavy (non-hydrogen) atoms. The molecule has 1 atom stereocenters. The van der Waals surface area contributed by atoms with E-state index in [1.165, 1.54) is 5.56 Å². The van der Waals surface area contributed by atoms with Gasteiger partial charge in [0, 0.05) is 11.0 Å². The highest BCUT2D eigenvalue weighted by atomic mass is 79.9. The van der Waals surface area contributed by atoms with Crippen molar-refractivity contribution in [3.8, 4) is 0 Å². The lowest BCUT2D eigenvalue weighted by molar-refractivity contribution is 0.0951. The average molecular weight is 318 g/mol. The molecule has 0 aromatic heterocycles. The topological polar surface area (TPSA) is 29.1 Å².